The number of fused-ring (bicyclic) bond motifs is 1. The van der Waals surface area contributed by atoms with Gasteiger partial charge in [0, 0.05) is 11.4 Å². The van der Waals surface area contributed by atoms with Crippen LogP contribution in [0.5, 0.6) is 0 Å². The third kappa shape index (κ3) is 3.59. The SMILES string of the molecule is CCC(=O)[C@H]1O[C@@H]2OC(C)(C)O[C@@H]2[C@H]1OCc1cccc(Cl)c1. The van der Waals surface area contributed by atoms with E-state index in [1.54, 1.807) is 13.0 Å². The topological polar surface area (TPSA) is 54.0 Å². The maximum Gasteiger partial charge on any atom is 0.190 e. The van der Waals surface area contributed by atoms with E-state index in [0.29, 0.717) is 18.1 Å². The van der Waals surface area contributed by atoms with E-state index in [4.69, 9.17) is 30.5 Å². The molecule has 0 amide bonds. The number of hydrogen-bond acceptors (Lipinski definition) is 5. The van der Waals surface area contributed by atoms with Crippen LogP contribution in [0.4, 0.5) is 0 Å². The summed E-state index contributed by atoms with van der Waals surface area (Å²) < 4.78 is 23.3. The largest absolute Gasteiger partial charge is 0.367 e. The molecule has 1 aromatic rings. The lowest BCUT2D eigenvalue weighted by molar-refractivity contribution is -0.218. The average Bonchev–Trinajstić information content (AvgIpc) is 2.96. The molecule has 23 heavy (non-hydrogen) atoms. The van der Waals surface area contributed by atoms with Crippen molar-refractivity contribution < 1.29 is 23.7 Å². The van der Waals surface area contributed by atoms with Crippen LogP contribution in [-0.2, 0) is 30.3 Å². The van der Waals surface area contributed by atoms with Gasteiger partial charge in [-0.2, -0.15) is 0 Å². The Bertz CT molecular complexity index is 588. The van der Waals surface area contributed by atoms with Gasteiger partial charge in [0.05, 0.1) is 6.61 Å². The summed E-state index contributed by atoms with van der Waals surface area (Å²) in [6, 6.07) is 7.43. The van der Waals surface area contributed by atoms with Crippen molar-refractivity contribution in [2.45, 2.75) is 64.2 Å². The number of ether oxygens (including phenoxy) is 4. The molecule has 0 saturated carbocycles. The van der Waals surface area contributed by atoms with E-state index in [2.05, 4.69) is 0 Å². The van der Waals surface area contributed by atoms with Crippen LogP contribution in [-0.4, -0.2) is 36.2 Å². The molecule has 0 radical (unpaired) electrons. The van der Waals surface area contributed by atoms with Crippen LogP contribution in [0.1, 0.15) is 32.8 Å². The van der Waals surface area contributed by atoms with E-state index < -0.39 is 30.4 Å². The van der Waals surface area contributed by atoms with Gasteiger partial charge in [0.15, 0.2) is 17.9 Å². The number of carbonyl (C=O) groups is 1. The molecule has 1 aromatic carbocycles. The predicted molar refractivity (Wildman–Crippen MR) is 84.0 cm³/mol. The molecule has 0 aliphatic carbocycles. The zero-order chi connectivity index (χ0) is 16.6. The van der Waals surface area contributed by atoms with Crippen LogP contribution >= 0.6 is 11.6 Å². The molecule has 2 heterocycles. The van der Waals surface area contributed by atoms with Gasteiger partial charge >= 0.3 is 0 Å². The Balaban J connectivity index is 1.73. The molecule has 5 nitrogen and oxygen atoms in total. The molecule has 0 unspecified atom stereocenters. The summed E-state index contributed by atoms with van der Waals surface area (Å²) in [6.07, 6.45) is -1.76. The summed E-state index contributed by atoms with van der Waals surface area (Å²) in [6.45, 7) is 5.77. The van der Waals surface area contributed by atoms with E-state index in [1.807, 2.05) is 32.0 Å². The zero-order valence-electron chi connectivity index (χ0n) is 13.5. The van der Waals surface area contributed by atoms with Gasteiger partial charge in [0.1, 0.15) is 18.3 Å². The van der Waals surface area contributed by atoms with Crippen molar-refractivity contribution in [2.75, 3.05) is 0 Å². The van der Waals surface area contributed by atoms with Crippen LogP contribution in [0.15, 0.2) is 24.3 Å². The van der Waals surface area contributed by atoms with Crippen molar-refractivity contribution in [3.8, 4) is 0 Å². The Morgan fingerprint density at radius 2 is 2.13 bits per heavy atom. The van der Waals surface area contributed by atoms with Crippen molar-refractivity contribution in [1.29, 1.82) is 0 Å². The van der Waals surface area contributed by atoms with Gasteiger partial charge in [-0.3, -0.25) is 4.79 Å². The van der Waals surface area contributed by atoms with Gasteiger partial charge in [-0.1, -0.05) is 30.7 Å². The lowest BCUT2D eigenvalue weighted by Crippen LogP contribution is -2.40. The summed E-state index contributed by atoms with van der Waals surface area (Å²) in [5.74, 6) is -0.756. The van der Waals surface area contributed by atoms with E-state index in [0.717, 1.165) is 5.56 Å². The zero-order valence-corrected chi connectivity index (χ0v) is 14.2. The summed E-state index contributed by atoms with van der Waals surface area (Å²) in [7, 11) is 0. The molecule has 4 atom stereocenters. The fourth-order valence-corrected chi connectivity index (χ4v) is 3.15. The summed E-state index contributed by atoms with van der Waals surface area (Å²) in [4.78, 5) is 12.1. The lowest BCUT2D eigenvalue weighted by Gasteiger charge is -2.25. The highest BCUT2D eigenvalue weighted by Gasteiger charge is 2.56. The van der Waals surface area contributed by atoms with E-state index >= 15 is 0 Å². The molecule has 2 saturated heterocycles. The first-order valence-electron chi connectivity index (χ1n) is 7.79. The van der Waals surface area contributed by atoms with Crippen LogP contribution in [0.2, 0.25) is 5.02 Å². The van der Waals surface area contributed by atoms with Gasteiger partial charge < -0.3 is 18.9 Å². The molecular weight excluding hydrogens is 320 g/mol. The first kappa shape index (κ1) is 16.9. The number of Topliss-reactive ketones (excluding diaryl/α,β-unsaturated/α-hetero) is 1. The Labute approximate surface area is 140 Å². The van der Waals surface area contributed by atoms with Crippen molar-refractivity contribution in [3.05, 3.63) is 34.9 Å². The standard InChI is InChI=1S/C17H21ClO5/c1-4-12(19)13-14(15-16(21-13)23-17(2,3)22-15)20-9-10-6-5-7-11(18)8-10/h5-8,13-16H,4,9H2,1-3H3/t13-,14+,15-,16-/m1/s1. The fourth-order valence-electron chi connectivity index (χ4n) is 2.94. The highest BCUT2D eigenvalue weighted by atomic mass is 35.5. The quantitative estimate of drug-likeness (QED) is 0.824. The van der Waals surface area contributed by atoms with Crippen LogP contribution in [0, 0.1) is 0 Å². The number of ketones is 1. The van der Waals surface area contributed by atoms with Crippen molar-refractivity contribution in [2.24, 2.45) is 0 Å². The molecule has 0 N–H and O–H groups in total. The van der Waals surface area contributed by atoms with E-state index in [1.165, 1.54) is 0 Å². The summed E-state index contributed by atoms with van der Waals surface area (Å²) in [5.41, 5.74) is 0.932. The number of hydrogen-bond donors (Lipinski definition) is 0. The molecule has 2 aliphatic heterocycles. The second kappa shape index (κ2) is 6.49. The van der Waals surface area contributed by atoms with Gasteiger partial charge in [-0.15, -0.1) is 0 Å². The summed E-state index contributed by atoms with van der Waals surface area (Å²) >= 11 is 5.99. The second-order valence-electron chi connectivity index (χ2n) is 6.25. The minimum absolute atomic E-state index is 0.0134. The van der Waals surface area contributed by atoms with E-state index in [-0.39, 0.29) is 5.78 Å². The number of carbonyl (C=O) groups excluding carboxylic acids is 1. The highest BCUT2D eigenvalue weighted by Crippen LogP contribution is 2.39. The first-order valence-corrected chi connectivity index (χ1v) is 8.17. The Hall–Kier alpha value is -0.980. The second-order valence-corrected chi connectivity index (χ2v) is 6.69. The molecule has 0 bridgehead atoms. The molecule has 3 rings (SSSR count). The third-order valence-electron chi connectivity index (χ3n) is 3.99. The Morgan fingerprint density at radius 1 is 1.35 bits per heavy atom. The van der Waals surface area contributed by atoms with Gasteiger partial charge in [-0.25, -0.2) is 0 Å². The Morgan fingerprint density at radius 3 is 2.83 bits per heavy atom. The highest BCUT2D eigenvalue weighted by molar-refractivity contribution is 6.30. The fraction of sp³-hybridized carbons (Fsp3) is 0.588. The number of benzene rings is 1. The molecule has 2 fully saturated rings. The monoisotopic (exact) mass is 340 g/mol. The molecular formula is C17H21ClO5. The predicted octanol–water partition coefficient (Wildman–Crippen LogP) is 3.08. The average molecular weight is 341 g/mol. The van der Waals surface area contributed by atoms with Gasteiger partial charge in [0.2, 0.25) is 0 Å². The Kier molecular flexibility index (Phi) is 4.76. The molecule has 0 aromatic heterocycles. The lowest BCUT2D eigenvalue weighted by atomic mass is 10.1. The minimum Gasteiger partial charge on any atom is -0.367 e. The maximum atomic E-state index is 12.1. The number of halogens is 1. The van der Waals surface area contributed by atoms with Crippen molar-refractivity contribution >= 4 is 17.4 Å². The van der Waals surface area contributed by atoms with Crippen molar-refractivity contribution in [1.82, 2.24) is 0 Å². The van der Waals surface area contributed by atoms with Crippen molar-refractivity contribution in [3.63, 3.8) is 0 Å². The van der Waals surface area contributed by atoms with Crippen LogP contribution in [0.3, 0.4) is 0 Å². The van der Waals surface area contributed by atoms with Gasteiger partial charge in [0.25, 0.3) is 0 Å². The maximum absolute atomic E-state index is 12.1. The molecule has 0 spiro atoms. The number of rotatable bonds is 5. The third-order valence-corrected chi connectivity index (χ3v) is 4.22. The normalized spacial score (nSPS) is 32.0. The minimum atomic E-state index is -0.743. The summed E-state index contributed by atoms with van der Waals surface area (Å²) in [5, 5.41) is 0.648. The smallest absolute Gasteiger partial charge is 0.190 e. The first-order chi connectivity index (χ1) is 10.9. The molecule has 2 aliphatic rings. The van der Waals surface area contributed by atoms with Crippen LogP contribution < -0.4 is 0 Å². The molecule has 6 heteroatoms. The van der Waals surface area contributed by atoms with Crippen LogP contribution in [0.25, 0.3) is 0 Å². The molecule has 126 valence electrons. The van der Waals surface area contributed by atoms with Gasteiger partial charge in [-0.05, 0) is 31.5 Å². The van der Waals surface area contributed by atoms with E-state index in [9.17, 15) is 4.79 Å².